The highest BCUT2D eigenvalue weighted by Gasteiger charge is 2.31. The Labute approximate surface area is 110 Å². The molecule has 0 radical (unpaired) electrons. The van der Waals surface area contributed by atoms with Crippen molar-refractivity contribution in [2.24, 2.45) is 0 Å². The molecule has 0 unspecified atom stereocenters. The summed E-state index contributed by atoms with van der Waals surface area (Å²) in [6, 6.07) is 4.59. The van der Waals surface area contributed by atoms with Gasteiger partial charge in [0.05, 0.1) is 6.54 Å². The fourth-order valence-corrected chi connectivity index (χ4v) is 1.76. The predicted octanol–water partition coefficient (Wildman–Crippen LogP) is 3.69. The number of nitrogens with zero attached hydrogens (tertiary/aromatic N) is 1. The van der Waals surface area contributed by atoms with Crippen LogP contribution < -0.4 is 5.73 Å². The summed E-state index contributed by atoms with van der Waals surface area (Å²) in [5, 5.41) is 0.428. The highest BCUT2D eigenvalue weighted by Crippen LogP contribution is 2.24. The standard InChI is InChI=1S/C12H16ClF3N2/c1-8(2)18(7-12(14,15)16)6-9-5-10(17)3-4-11(9)13/h3-5,8H,6-7,17H2,1-2H3. The summed E-state index contributed by atoms with van der Waals surface area (Å²) in [5.74, 6) is 0. The minimum Gasteiger partial charge on any atom is -0.399 e. The Hall–Kier alpha value is -0.940. The predicted molar refractivity (Wildman–Crippen MR) is 67.5 cm³/mol. The number of hydrogen-bond donors (Lipinski definition) is 1. The van der Waals surface area contributed by atoms with Crippen molar-refractivity contribution in [3.63, 3.8) is 0 Å². The highest BCUT2D eigenvalue weighted by molar-refractivity contribution is 6.31. The van der Waals surface area contributed by atoms with Crippen LogP contribution in [-0.2, 0) is 6.54 Å². The number of alkyl halides is 3. The quantitative estimate of drug-likeness (QED) is 0.852. The Bertz CT molecular complexity index is 405. The van der Waals surface area contributed by atoms with Gasteiger partial charge < -0.3 is 5.73 Å². The van der Waals surface area contributed by atoms with Crippen LogP contribution in [0.25, 0.3) is 0 Å². The van der Waals surface area contributed by atoms with E-state index in [1.165, 1.54) is 4.90 Å². The molecular weight excluding hydrogens is 265 g/mol. The van der Waals surface area contributed by atoms with Gasteiger partial charge in [0.2, 0.25) is 0 Å². The molecule has 0 bridgehead atoms. The third kappa shape index (κ3) is 4.74. The topological polar surface area (TPSA) is 29.3 Å². The van der Waals surface area contributed by atoms with Crippen molar-refractivity contribution in [1.29, 1.82) is 0 Å². The largest absolute Gasteiger partial charge is 0.401 e. The van der Waals surface area contributed by atoms with E-state index in [1.807, 2.05) is 0 Å². The average molecular weight is 281 g/mol. The molecule has 0 spiro atoms. The fraction of sp³-hybridized carbons (Fsp3) is 0.500. The van der Waals surface area contributed by atoms with Gasteiger partial charge in [0.15, 0.2) is 0 Å². The van der Waals surface area contributed by atoms with Crippen molar-refractivity contribution in [3.8, 4) is 0 Å². The second-order valence-corrected chi connectivity index (χ2v) is 4.87. The van der Waals surface area contributed by atoms with Crippen LogP contribution in [0, 0.1) is 0 Å². The minimum absolute atomic E-state index is 0.126. The number of halogens is 4. The Morgan fingerprint density at radius 2 is 1.94 bits per heavy atom. The van der Waals surface area contributed by atoms with E-state index in [1.54, 1.807) is 32.0 Å². The molecule has 102 valence electrons. The molecule has 0 aliphatic carbocycles. The smallest absolute Gasteiger partial charge is 0.399 e. The molecular formula is C12H16ClF3N2. The maximum Gasteiger partial charge on any atom is 0.401 e. The Kier molecular flexibility index (Phi) is 4.87. The van der Waals surface area contributed by atoms with Gasteiger partial charge in [-0.25, -0.2) is 0 Å². The van der Waals surface area contributed by atoms with Crippen molar-refractivity contribution in [2.45, 2.75) is 32.6 Å². The van der Waals surface area contributed by atoms with Crippen molar-refractivity contribution >= 4 is 17.3 Å². The number of anilines is 1. The van der Waals surface area contributed by atoms with Crippen LogP contribution >= 0.6 is 11.6 Å². The molecule has 1 rings (SSSR count). The first-order chi connectivity index (χ1) is 8.19. The van der Waals surface area contributed by atoms with Gasteiger partial charge in [-0.3, -0.25) is 4.90 Å². The Morgan fingerprint density at radius 3 is 2.44 bits per heavy atom. The molecule has 0 saturated carbocycles. The van der Waals surface area contributed by atoms with E-state index >= 15 is 0 Å². The van der Waals surface area contributed by atoms with Crippen LogP contribution in [0.2, 0.25) is 5.02 Å². The molecule has 2 nitrogen and oxygen atoms in total. The molecule has 0 aliphatic rings. The molecule has 0 atom stereocenters. The summed E-state index contributed by atoms with van der Waals surface area (Å²) >= 11 is 5.95. The summed E-state index contributed by atoms with van der Waals surface area (Å²) < 4.78 is 37.3. The van der Waals surface area contributed by atoms with Crippen LogP contribution in [0.3, 0.4) is 0 Å². The maximum absolute atomic E-state index is 12.4. The van der Waals surface area contributed by atoms with Gasteiger partial charge >= 0.3 is 6.18 Å². The fourth-order valence-electron chi connectivity index (χ4n) is 1.59. The van der Waals surface area contributed by atoms with Gasteiger partial charge in [-0.1, -0.05) is 11.6 Å². The number of rotatable bonds is 4. The Morgan fingerprint density at radius 1 is 1.33 bits per heavy atom. The summed E-state index contributed by atoms with van der Waals surface area (Å²) in [6.45, 7) is 2.59. The first kappa shape index (κ1) is 15.1. The second-order valence-electron chi connectivity index (χ2n) is 4.46. The molecule has 2 N–H and O–H groups in total. The van der Waals surface area contributed by atoms with E-state index < -0.39 is 12.7 Å². The Balaban J connectivity index is 2.86. The van der Waals surface area contributed by atoms with Crippen molar-refractivity contribution in [2.75, 3.05) is 12.3 Å². The van der Waals surface area contributed by atoms with E-state index in [-0.39, 0.29) is 12.6 Å². The molecule has 1 aromatic rings. The van der Waals surface area contributed by atoms with Crippen LogP contribution in [0.5, 0.6) is 0 Å². The summed E-state index contributed by atoms with van der Waals surface area (Å²) in [5.41, 5.74) is 6.70. The molecule has 18 heavy (non-hydrogen) atoms. The van der Waals surface area contributed by atoms with Crippen molar-refractivity contribution in [1.82, 2.24) is 4.90 Å². The van der Waals surface area contributed by atoms with Crippen LogP contribution in [0.1, 0.15) is 19.4 Å². The lowest BCUT2D eigenvalue weighted by molar-refractivity contribution is -0.150. The first-order valence-electron chi connectivity index (χ1n) is 5.54. The lowest BCUT2D eigenvalue weighted by Gasteiger charge is -2.27. The average Bonchev–Trinajstić information content (AvgIpc) is 2.20. The first-order valence-corrected chi connectivity index (χ1v) is 5.91. The third-order valence-electron chi connectivity index (χ3n) is 2.56. The van der Waals surface area contributed by atoms with Gasteiger partial charge in [0.25, 0.3) is 0 Å². The van der Waals surface area contributed by atoms with E-state index in [9.17, 15) is 13.2 Å². The lowest BCUT2D eigenvalue weighted by atomic mass is 10.1. The van der Waals surface area contributed by atoms with Gasteiger partial charge in [-0.05, 0) is 37.6 Å². The SMILES string of the molecule is CC(C)N(Cc1cc(N)ccc1Cl)CC(F)(F)F. The zero-order chi connectivity index (χ0) is 13.9. The van der Waals surface area contributed by atoms with Crippen molar-refractivity contribution < 1.29 is 13.2 Å². The lowest BCUT2D eigenvalue weighted by Crippen LogP contribution is -2.38. The number of benzene rings is 1. The van der Waals surface area contributed by atoms with Gasteiger partial charge in [-0.2, -0.15) is 13.2 Å². The molecule has 0 aromatic heterocycles. The van der Waals surface area contributed by atoms with Crippen molar-refractivity contribution in [3.05, 3.63) is 28.8 Å². The number of nitrogens with two attached hydrogens (primary N) is 1. The second kappa shape index (κ2) is 5.80. The molecule has 0 fully saturated rings. The van der Waals surface area contributed by atoms with E-state index in [2.05, 4.69) is 0 Å². The van der Waals surface area contributed by atoms with Crippen LogP contribution in [0.15, 0.2) is 18.2 Å². The van der Waals surface area contributed by atoms with Gasteiger partial charge in [0.1, 0.15) is 0 Å². The summed E-state index contributed by atoms with van der Waals surface area (Å²) in [6.07, 6.45) is -4.23. The summed E-state index contributed by atoms with van der Waals surface area (Å²) in [7, 11) is 0. The zero-order valence-electron chi connectivity index (χ0n) is 10.3. The molecule has 0 saturated heterocycles. The highest BCUT2D eigenvalue weighted by atomic mass is 35.5. The normalized spacial score (nSPS) is 12.4. The zero-order valence-corrected chi connectivity index (χ0v) is 11.0. The molecule has 0 heterocycles. The number of hydrogen-bond acceptors (Lipinski definition) is 2. The van der Waals surface area contributed by atoms with Crippen LogP contribution in [-0.4, -0.2) is 23.7 Å². The molecule has 6 heteroatoms. The van der Waals surface area contributed by atoms with E-state index in [0.29, 0.717) is 16.3 Å². The molecule has 1 aromatic carbocycles. The molecule has 0 aliphatic heterocycles. The monoisotopic (exact) mass is 280 g/mol. The molecule has 0 amide bonds. The maximum atomic E-state index is 12.4. The van der Waals surface area contributed by atoms with Crippen LogP contribution in [0.4, 0.5) is 18.9 Å². The number of nitrogen functional groups attached to an aromatic ring is 1. The summed E-state index contributed by atoms with van der Waals surface area (Å²) in [4.78, 5) is 1.31. The van der Waals surface area contributed by atoms with Gasteiger partial charge in [-0.15, -0.1) is 0 Å². The van der Waals surface area contributed by atoms with E-state index in [4.69, 9.17) is 17.3 Å². The minimum atomic E-state index is -4.23. The third-order valence-corrected chi connectivity index (χ3v) is 2.92. The van der Waals surface area contributed by atoms with E-state index in [0.717, 1.165) is 0 Å². The van der Waals surface area contributed by atoms with Gasteiger partial charge in [0, 0.05) is 23.3 Å².